The van der Waals surface area contributed by atoms with Gasteiger partial charge in [0.15, 0.2) is 5.78 Å². The van der Waals surface area contributed by atoms with Crippen molar-refractivity contribution in [3.63, 3.8) is 0 Å². The standard InChI is InChI=1S/C14H24BrN3OS/c15-14-5-4-13(20-14)12(19)6-11-18-10-3-9-17-8-2-1-7-16/h4-5,17-18H,1-3,6-11,16H2. The SMILES string of the molecule is NCCCCNCCCNCCC(=O)c1ccc(Br)s1. The third-order valence-electron chi connectivity index (χ3n) is 2.89. The average Bonchev–Trinajstić information content (AvgIpc) is 2.87. The number of hydrogen-bond donors (Lipinski definition) is 3. The average molecular weight is 362 g/mol. The summed E-state index contributed by atoms with van der Waals surface area (Å²) in [4.78, 5) is 12.7. The van der Waals surface area contributed by atoms with Gasteiger partial charge in [-0.05, 0) is 73.5 Å². The van der Waals surface area contributed by atoms with Crippen molar-refractivity contribution < 1.29 is 4.79 Å². The van der Waals surface area contributed by atoms with Crippen LogP contribution in [-0.4, -0.2) is 38.5 Å². The van der Waals surface area contributed by atoms with Crippen LogP contribution in [0.1, 0.15) is 35.4 Å². The molecule has 0 saturated carbocycles. The van der Waals surface area contributed by atoms with E-state index in [1.807, 2.05) is 12.1 Å². The third kappa shape index (κ3) is 8.11. The Bertz CT molecular complexity index is 384. The van der Waals surface area contributed by atoms with Crippen molar-refractivity contribution in [2.45, 2.75) is 25.7 Å². The number of carbonyl (C=O) groups is 1. The first-order valence-electron chi connectivity index (χ1n) is 7.14. The first-order chi connectivity index (χ1) is 9.74. The van der Waals surface area contributed by atoms with Gasteiger partial charge < -0.3 is 16.4 Å². The van der Waals surface area contributed by atoms with Gasteiger partial charge in [0.05, 0.1) is 8.66 Å². The van der Waals surface area contributed by atoms with E-state index in [0.29, 0.717) is 6.42 Å². The normalized spacial score (nSPS) is 10.9. The van der Waals surface area contributed by atoms with Crippen LogP contribution in [0.2, 0.25) is 0 Å². The minimum absolute atomic E-state index is 0.216. The van der Waals surface area contributed by atoms with E-state index in [1.54, 1.807) is 0 Å². The molecule has 0 fully saturated rings. The predicted molar refractivity (Wildman–Crippen MR) is 89.6 cm³/mol. The molecule has 0 aliphatic rings. The number of Topliss-reactive ketones (excluding diaryl/α,β-unsaturated/α-hetero) is 1. The van der Waals surface area contributed by atoms with Gasteiger partial charge in [-0.3, -0.25) is 4.79 Å². The lowest BCUT2D eigenvalue weighted by molar-refractivity contribution is 0.0986. The topological polar surface area (TPSA) is 67.2 Å². The zero-order valence-electron chi connectivity index (χ0n) is 11.8. The van der Waals surface area contributed by atoms with Gasteiger partial charge in [-0.15, -0.1) is 11.3 Å². The van der Waals surface area contributed by atoms with Crippen molar-refractivity contribution in [2.75, 3.05) is 32.7 Å². The fourth-order valence-electron chi connectivity index (χ4n) is 1.77. The zero-order valence-corrected chi connectivity index (χ0v) is 14.2. The van der Waals surface area contributed by atoms with Crippen LogP contribution in [0.15, 0.2) is 15.9 Å². The van der Waals surface area contributed by atoms with E-state index in [9.17, 15) is 4.79 Å². The molecule has 1 heterocycles. The summed E-state index contributed by atoms with van der Waals surface area (Å²) in [5.41, 5.74) is 5.42. The second-order valence-electron chi connectivity index (χ2n) is 4.63. The molecule has 0 amide bonds. The van der Waals surface area contributed by atoms with Gasteiger partial charge in [-0.1, -0.05) is 0 Å². The number of rotatable bonds is 12. The first kappa shape index (κ1) is 17.8. The number of carbonyl (C=O) groups excluding carboxylic acids is 1. The quantitative estimate of drug-likeness (QED) is 0.395. The molecule has 4 N–H and O–H groups in total. The van der Waals surface area contributed by atoms with Gasteiger partial charge in [0.1, 0.15) is 0 Å². The molecular weight excluding hydrogens is 338 g/mol. The van der Waals surface area contributed by atoms with Gasteiger partial charge in [0, 0.05) is 13.0 Å². The Morgan fingerprint density at radius 3 is 2.45 bits per heavy atom. The minimum atomic E-state index is 0.216. The zero-order chi connectivity index (χ0) is 14.6. The van der Waals surface area contributed by atoms with E-state index >= 15 is 0 Å². The number of thiophene rings is 1. The van der Waals surface area contributed by atoms with Crippen molar-refractivity contribution in [1.29, 1.82) is 0 Å². The number of nitrogens with one attached hydrogen (secondary N) is 2. The highest BCUT2D eigenvalue weighted by atomic mass is 79.9. The van der Waals surface area contributed by atoms with Gasteiger partial charge in [0.2, 0.25) is 0 Å². The molecule has 114 valence electrons. The highest BCUT2D eigenvalue weighted by molar-refractivity contribution is 9.11. The molecule has 0 spiro atoms. The van der Waals surface area contributed by atoms with Crippen LogP contribution in [0, 0.1) is 0 Å². The second kappa shape index (κ2) is 11.4. The number of ketones is 1. The lowest BCUT2D eigenvalue weighted by Crippen LogP contribution is -2.24. The molecule has 0 aromatic carbocycles. The van der Waals surface area contributed by atoms with E-state index in [0.717, 1.165) is 60.6 Å². The summed E-state index contributed by atoms with van der Waals surface area (Å²) in [6.45, 7) is 4.54. The molecule has 0 bridgehead atoms. The molecule has 1 aromatic heterocycles. The number of unbranched alkanes of at least 4 members (excludes halogenated alkanes) is 1. The summed E-state index contributed by atoms with van der Waals surface area (Å²) >= 11 is 4.87. The fourth-order valence-corrected chi connectivity index (χ4v) is 3.13. The highest BCUT2D eigenvalue weighted by Gasteiger charge is 2.07. The van der Waals surface area contributed by atoms with Gasteiger partial charge in [0.25, 0.3) is 0 Å². The summed E-state index contributed by atoms with van der Waals surface area (Å²) in [5, 5.41) is 6.69. The Hall–Kier alpha value is -0.270. The monoisotopic (exact) mass is 361 g/mol. The summed E-state index contributed by atoms with van der Waals surface area (Å²) in [6.07, 6.45) is 3.89. The van der Waals surface area contributed by atoms with Crippen molar-refractivity contribution in [3.8, 4) is 0 Å². The molecule has 0 atom stereocenters. The molecule has 0 aliphatic heterocycles. The molecule has 0 aliphatic carbocycles. The molecule has 1 rings (SSSR count). The van der Waals surface area contributed by atoms with E-state index in [1.165, 1.54) is 11.3 Å². The largest absolute Gasteiger partial charge is 0.330 e. The van der Waals surface area contributed by atoms with Crippen LogP contribution in [0.25, 0.3) is 0 Å². The Morgan fingerprint density at radius 2 is 1.80 bits per heavy atom. The van der Waals surface area contributed by atoms with Crippen LogP contribution >= 0.6 is 27.3 Å². The molecule has 20 heavy (non-hydrogen) atoms. The Morgan fingerprint density at radius 1 is 1.10 bits per heavy atom. The number of hydrogen-bond acceptors (Lipinski definition) is 5. The van der Waals surface area contributed by atoms with E-state index in [2.05, 4.69) is 26.6 Å². The fraction of sp³-hybridized carbons (Fsp3) is 0.643. The summed E-state index contributed by atoms with van der Waals surface area (Å²) in [7, 11) is 0. The smallest absolute Gasteiger partial charge is 0.174 e. The van der Waals surface area contributed by atoms with Crippen LogP contribution < -0.4 is 16.4 Å². The van der Waals surface area contributed by atoms with Crippen LogP contribution in [0.4, 0.5) is 0 Å². The minimum Gasteiger partial charge on any atom is -0.330 e. The first-order valence-corrected chi connectivity index (χ1v) is 8.75. The highest BCUT2D eigenvalue weighted by Crippen LogP contribution is 2.22. The van der Waals surface area contributed by atoms with E-state index in [-0.39, 0.29) is 5.78 Å². The van der Waals surface area contributed by atoms with Crippen molar-refractivity contribution in [1.82, 2.24) is 10.6 Å². The Balaban J connectivity index is 1.91. The lowest BCUT2D eigenvalue weighted by atomic mass is 10.2. The molecule has 4 nitrogen and oxygen atoms in total. The van der Waals surface area contributed by atoms with Gasteiger partial charge in [-0.2, -0.15) is 0 Å². The van der Waals surface area contributed by atoms with Crippen molar-refractivity contribution in [3.05, 3.63) is 20.8 Å². The van der Waals surface area contributed by atoms with Crippen molar-refractivity contribution >= 4 is 33.0 Å². The van der Waals surface area contributed by atoms with Crippen LogP contribution in [0.3, 0.4) is 0 Å². The molecule has 1 aromatic rings. The second-order valence-corrected chi connectivity index (χ2v) is 7.09. The Kier molecular flexibility index (Phi) is 10.1. The van der Waals surface area contributed by atoms with Crippen molar-refractivity contribution in [2.24, 2.45) is 5.73 Å². The maximum Gasteiger partial charge on any atom is 0.174 e. The Labute approximate surface area is 133 Å². The molecule has 6 heteroatoms. The summed E-state index contributed by atoms with van der Waals surface area (Å²) in [5.74, 6) is 0.216. The van der Waals surface area contributed by atoms with Crippen LogP contribution in [-0.2, 0) is 0 Å². The number of halogens is 1. The van der Waals surface area contributed by atoms with E-state index < -0.39 is 0 Å². The molecular formula is C14H24BrN3OS. The third-order valence-corrected chi connectivity index (χ3v) is 4.56. The lowest BCUT2D eigenvalue weighted by Gasteiger charge is -2.05. The van der Waals surface area contributed by atoms with E-state index in [4.69, 9.17) is 5.73 Å². The molecule has 0 unspecified atom stereocenters. The maximum absolute atomic E-state index is 11.8. The van der Waals surface area contributed by atoms with Crippen LogP contribution in [0.5, 0.6) is 0 Å². The van der Waals surface area contributed by atoms with Gasteiger partial charge in [-0.25, -0.2) is 0 Å². The number of nitrogens with two attached hydrogens (primary N) is 1. The summed E-state index contributed by atoms with van der Waals surface area (Å²) in [6, 6.07) is 3.80. The molecule has 0 saturated heterocycles. The summed E-state index contributed by atoms with van der Waals surface area (Å²) < 4.78 is 1.01. The maximum atomic E-state index is 11.8. The molecule has 0 radical (unpaired) electrons. The van der Waals surface area contributed by atoms with Gasteiger partial charge >= 0.3 is 0 Å². The predicted octanol–water partition coefficient (Wildman–Crippen LogP) is 2.39.